The van der Waals surface area contributed by atoms with Gasteiger partial charge in [-0.3, -0.25) is 0 Å². The van der Waals surface area contributed by atoms with Crippen LogP contribution in [0.15, 0.2) is 45.3 Å². The van der Waals surface area contributed by atoms with Crippen molar-refractivity contribution in [2.75, 3.05) is 0 Å². The summed E-state index contributed by atoms with van der Waals surface area (Å²) in [6.07, 6.45) is 3.98. The molecular weight excluding hydrogens is 616 g/mol. The second-order valence-electron chi connectivity index (χ2n) is 6.33. The molecule has 0 radical (unpaired) electrons. The molecule has 0 spiro atoms. The molecule has 3 aromatic heterocycles. The number of nitrogens with zero attached hydrogens (tertiary/aromatic N) is 2. The van der Waals surface area contributed by atoms with Crippen molar-refractivity contribution in [2.24, 2.45) is 0 Å². The first-order chi connectivity index (χ1) is 13.5. The number of aromatic nitrogens is 4. The fourth-order valence-corrected chi connectivity index (χ4v) is 5.66. The van der Waals surface area contributed by atoms with Gasteiger partial charge in [0.15, 0.2) is 0 Å². The lowest BCUT2D eigenvalue weighted by atomic mass is 10.3. The Balaban J connectivity index is 1.94. The first kappa shape index (κ1) is 18.5. The number of aromatic amines is 2. The Morgan fingerprint density at radius 3 is 2.18 bits per heavy atom. The number of rotatable bonds is 0. The van der Waals surface area contributed by atoms with E-state index in [0.717, 1.165) is 62.8 Å². The van der Waals surface area contributed by atoms with Gasteiger partial charge in [0.1, 0.15) is 0 Å². The number of fused-ring (bicyclic) bond motifs is 8. The van der Waals surface area contributed by atoms with Crippen LogP contribution in [0.5, 0.6) is 0 Å². The van der Waals surface area contributed by atoms with Crippen LogP contribution in [0.25, 0.3) is 43.2 Å². The van der Waals surface area contributed by atoms with Crippen LogP contribution in [0.3, 0.4) is 0 Å². The van der Waals surface area contributed by atoms with E-state index in [1.165, 1.54) is 0 Å². The number of nitrogens with one attached hydrogen (secondary N) is 2. The maximum Gasteiger partial charge on any atom is 0.0955 e. The van der Waals surface area contributed by atoms with E-state index < -0.39 is 0 Å². The van der Waals surface area contributed by atoms with Crippen LogP contribution in [0.4, 0.5) is 0 Å². The highest BCUT2D eigenvalue weighted by Gasteiger charge is 2.20. The van der Waals surface area contributed by atoms with Crippen LogP contribution < -0.4 is 0 Å². The van der Waals surface area contributed by atoms with Gasteiger partial charge in [-0.2, -0.15) is 0 Å². The molecule has 0 atom stereocenters. The summed E-state index contributed by atoms with van der Waals surface area (Å²) in [7, 11) is 0. The first-order valence-electron chi connectivity index (χ1n) is 8.28. The van der Waals surface area contributed by atoms with Gasteiger partial charge in [0.05, 0.1) is 41.7 Å². The zero-order valence-corrected chi connectivity index (χ0v) is 20.4. The molecule has 2 aliphatic rings. The smallest absolute Gasteiger partial charge is 0.0955 e. The molecule has 0 amide bonds. The van der Waals surface area contributed by atoms with E-state index >= 15 is 0 Å². The Labute approximate surface area is 193 Å². The van der Waals surface area contributed by atoms with Gasteiger partial charge < -0.3 is 9.97 Å². The van der Waals surface area contributed by atoms with Crippen molar-refractivity contribution in [3.8, 4) is 0 Å². The highest BCUT2D eigenvalue weighted by Crippen LogP contribution is 2.42. The molecule has 0 saturated carbocycles. The average molecular weight is 626 g/mol. The number of halogens is 4. The molecular formula is C20H10Br4N4. The van der Waals surface area contributed by atoms with Crippen LogP contribution in [-0.4, -0.2) is 19.9 Å². The van der Waals surface area contributed by atoms with E-state index in [2.05, 4.69) is 84.7 Å². The maximum absolute atomic E-state index is 4.80. The molecule has 3 aromatic rings. The van der Waals surface area contributed by atoms with Crippen molar-refractivity contribution < 1.29 is 0 Å². The number of hydrogen-bond donors (Lipinski definition) is 2. The summed E-state index contributed by atoms with van der Waals surface area (Å²) in [4.78, 5) is 16.3. The fourth-order valence-electron chi connectivity index (χ4n) is 3.10. The number of H-pyrrole nitrogens is 2. The van der Waals surface area contributed by atoms with Crippen LogP contribution in [0.2, 0.25) is 0 Å². The molecule has 5 rings (SSSR count). The Bertz CT molecular complexity index is 1360. The SMILES string of the molecule is BrC1=C(Br)c2nc1cc1nc(cc3ccc(cc4cc(Br)c([nH]4)c2Br)[nH]3)C=C1. The van der Waals surface area contributed by atoms with E-state index in [0.29, 0.717) is 0 Å². The van der Waals surface area contributed by atoms with E-state index in [1.807, 2.05) is 42.5 Å². The Morgan fingerprint density at radius 2 is 1.39 bits per heavy atom. The maximum atomic E-state index is 4.80. The van der Waals surface area contributed by atoms with Gasteiger partial charge in [-0.05, 0) is 112 Å². The minimum absolute atomic E-state index is 0.805. The summed E-state index contributed by atoms with van der Waals surface area (Å²) in [5, 5.41) is 0. The minimum atomic E-state index is 0.805. The summed E-state index contributed by atoms with van der Waals surface area (Å²) in [5.74, 6) is 0. The van der Waals surface area contributed by atoms with Gasteiger partial charge in [-0.15, -0.1) is 0 Å². The Morgan fingerprint density at radius 1 is 0.679 bits per heavy atom. The molecule has 0 saturated heterocycles. The molecule has 0 aliphatic carbocycles. The molecule has 0 fully saturated rings. The van der Waals surface area contributed by atoms with Crippen molar-refractivity contribution >= 4 is 107 Å². The molecule has 5 heterocycles. The lowest BCUT2D eigenvalue weighted by Gasteiger charge is -1.96. The summed E-state index contributed by atoms with van der Waals surface area (Å²) < 4.78 is 3.58. The first-order valence-corrected chi connectivity index (χ1v) is 11.5. The molecule has 8 bridgehead atoms. The van der Waals surface area contributed by atoms with E-state index in [9.17, 15) is 0 Å². The zero-order valence-electron chi connectivity index (χ0n) is 14.0. The van der Waals surface area contributed by atoms with Crippen molar-refractivity contribution in [2.45, 2.75) is 0 Å². The lowest BCUT2D eigenvalue weighted by Crippen LogP contribution is -1.81. The normalized spacial score (nSPS) is 13.4. The summed E-state index contributed by atoms with van der Waals surface area (Å²) in [6, 6.07) is 12.2. The molecule has 0 aromatic carbocycles. The summed E-state index contributed by atoms with van der Waals surface area (Å²) >= 11 is 14.7. The summed E-state index contributed by atoms with van der Waals surface area (Å²) in [6.45, 7) is 0. The zero-order chi connectivity index (χ0) is 19.4. The Hall–Kier alpha value is -1.48. The highest BCUT2D eigenvalue weighted by atomic mass is 79.9. The van der Waals surface area contributed by atoms with Crippen molar-refractivity contribution in [1.82, 2.24) is 19.9 Å². The van der Waals surface area contributed by atoms with Gasteiger partial charge in [-0.25, -0.2) is 9.97 Å². The minimum Gasteiger partial charge on any atom is -0.355 e. The van der Waals surface area contributed by atoms with Crippen LogP contribution >= 0.6 is 63.7 Å². The topological polar surface area (TPSA) is 57.4 Å². The van der Waals surface area contributed by atoms with Gasteiger partial charge in [0.25, 0.3) is 0 Å². The third-order valence-corrected chi connectivity index (χ3v) is 7.89. The van der Waals surface area contributed by atoms with Gasteiger partial charge in [-0.1, -0.05) is 0 Å². The van der Waals surface area contributed by atoms with Crippen LogP contribution in [-0.2, 0) is 0 Å². The third-order valence-electron chi connectivity index (χ3n) is 4.39. The second kappa shape index (κ2) is 7.09. The van der Waals surface area contributed by atoms with Crippen molar-refractivity contribution in [3.63, 3.8) is 0 Å². The van der Waals surface area contributed by atoms with Crippen molar-refractivity contribution in [1.29, 1.82) is 0 Å². The third kappa shape index (κ3) is 3.26. The predicted molar refractivity (Wildman–Crippen MR) is 130 cm³/mol. The lowest BCUT2D eigenvalue weighted by molar-refractivity contribution is 1.27. The monoisotopic (exact) mass is 622 g/mol. The molecule has 2 aliphatic heterocycles. The van der Waals surface area contributed by atoms with Gasteiger partial charge in [0.2, 0.25) is 0 Å². The van der Waals surface area contributed by atoms with Crippen LogP contribution in [0, 0.1) is 0 Å². The van der Waals surface area contributed by atoms with E-state index in [4.69, 9.17) is 4.98 Å². The average Bonchev–Trinajstić information content (AvgIpc) is 3.42. The second-order valence-corrected chi connectivity index (χ2v) is 9.57. The molecule has 28 heavy (non-hydrogen) atoms. The van der Waals surface area contributed by atoms with Crippen molar-refractivity contribution in [3.05, 3.63) is 68.1 Å². The Kier molecular flexibility index (Phi) is 4.70. The standard InChI is InChI=1S/C20H10Br4N4/c21-14-7-13-6-11-2-1-9(25-11)5-10-3-4-12(26-10)8-15-16(22)17(23)20(28-15)18(24)19(14)27-13/h1-8,25,27H. The highest BCUT2D eigenvalue weighted by molar-refractivity contribution is 9.18. The molecule has 8 heteroatoms. The van der Waals surface area contributed by atoms with Crippen LogP contribution in [0.1, 0.15) is 22.8 Å². The van der Waals surface area contributed by atoms with E-state index in [-0.39, 0.29) is 0 Å². The fraction of sp³-hybridized carbons (Fsp3) is 0. The summed E-state index contributed by atoms with van der Waals surface area (Å²) in [5.41, 5.74) is 7.26. The van der Waals surface area contributed by atoms with Gasteiger partial charge in [0, 0.05) is 21.0 Å². The van der Waals surface area contributed by atoms with E-state index in [1.54, 1.807) is 0 Å². The quantitative estimate of drug-likeness (QED) is 0.211. The number of hydrogen-bond acceptors (Lipinski definition) is 2. The van der Waals surface area contributed by atoms with Gasteiger partial charge >= 0.3 is 0 Å². The molecule has 2 N–H and O–H groups in total. The molecule has 4 nitrogen and oxygen atoms in total. The molecule has 138 valence electrons. The predicted octanol–water partition coefficient (Wildman–Crippen LogP) is 7.63. The molecule has 0 unspecified atom stereocenters. The largest absolute Gasteiger partial charge is 0.355 e.